The Morgan fingerprint density at radius 2 is 0.492 bits per heavy atom. The van der Waals surface area contributed by atoms with Crippen LogP contribution in [0.1, 0.15) is 0 Å². The summed E-state index contributed by atoms with van der Waals surface area (Å²) in [6.07, 6.45) is 0. The Labute approximate surface area is 790 Å². The molecule has 0 N–H and O–H groups in total. The van der Waals surface area contributed by atoms with E-state index >= 15 is 0 Å². The van der Waals surface area contributed by atoms with Crippen molar-refractivity contribution in [3.05, 3.63) is 441 Å². The van der Waals surface area contributed by atoms with Crippen molar-refractivity contribution in [1.82, 2.24) is 0 Å². The van der Waals surface area contributed by atoms with Crippen LogP contribution in [-0.2, 0) is 0 Å². The van der Waals surface area contributed by atoms with E-state index in [-0.39, 0.29) is 0 Å². The van der Waals surface area contributed by atoms with Gasteiger partial charge in [0, 0.05) is 129 Å². The molecule has 0 amide bonds. The van der Waals surface area contributed by atoms with Crippen molar-refractivity contribution in [1.29, 1.82) is 0 Å². The molecular weight excluding hydrogens is 1950 g/mol. The molecule has 0 aliphatic carbocycles. The third kappa shape index (κ3) is 15.5. The summed E-state index contributed by atoms with van der Waals surface area (Å²) in [5.41, 5.74) is 15.1. The van der Waals surface area contributed by atoms with Gasteiger partial charge in [-0.3, -0.25) is 0 Å². The number of rotatable bonds is 6. The third-order valence-corrected chi connectivity index (χ3v) is 32.4. The fourth-order valence-electron chi connectivity index (χ4n) is 17.9. The van der Waals surface area contributed by atoms with E-state index in [9.17, 15) is 0 Å². The van der Waals surface area contributed by atoms with E-state index in [0.29, 0.717) is 0 Å². The normalized spacial score (nSPS) is 11.5. The Balaban J connectivity index is 0.0000000938. The molecule has 0 spiro atoms. The monoisotopic (exact) mass is 2020 g/mol. The van der Waals surface area contributed by atoms with Gasteiger partial charge in [0.05, 0.1) is 0 Å². The number of halogens is 5. The predicted molar refractivity (Wildman–Crippen MR) is 575 cm³/mol. The first-order valence-corrected chi connectivity index (χ1v) is 49.6. The maximum absolute atomic E-state index is 3.59. The predicted octanol–water partition coefficient (Wildman–Crippen LogP) is 39.9. The van der Waals surface area contributed by atoms with Crippen molar-refractivity contribution in [3.63, 3.8) is 0 Å². The Kier molecular flexibility index (Phi) is 22.1. The Bertz CT molecular complexity index is 8720. The second-order valence-electron chi connectivity index (χ2n) is 31.4. The fraction of sp³-hybridized carbons (Fsp3) is 0. The first-order chi connectivity index (χ1) is 62.0. The third-order valence-electron chi connectivity index (χ3n) is 23.9. The maximum atomic E-state index is 3.59. The molecular formula is C116H69Br5S5. The average Bonchev–Trinajstić information content (AvgIpc) is 1.55. The molecule has 26 aromatic rings. The summed E-state index contributed by atoms with van der Waals surface area (Å²) in [7, 11) is 0. The molecule has 0 aliphatic rings. The molecule has 0 nitrogen and oxygen atoms in total. The summed E-state index contributed by atoms with van der Waals surface area (Å²) in [5, 5.41) is 26.9. The number of fused-ring (bicyclic) bond motifs is 26. The Hall–Kier alpha value is -11.6. The van der Waals surface area contributed by atoms with Crippen LogP contribution in [0, 0.1) is 0 Å². The molecule has 0 unspecified atom stereocenters. The topological polar surface area (TPSA) is 0 Å². The van der Waals surface area contributed by atoms with Crippen LogP contribution in [0.15, 0.2) is 441 Å². The summed E-state index contributed by atoms with van der Waals surface area (Å²) >= 11 is 27.1. The van der Waals surface area contributed by atoms with Crippen LogP contribution in [0.3, 0.4) is 0 Å². The van der Waals surface area contributed by atoms with Gasteiger partial charge >= 0.3 is 0 Å². The molecule has 5 aromatic heterocycles. The Morgan fingerprint density at radius 1 is 0.135 bits per heavy atom. The number of hydrogen-bond acceptors (Lipinski definition) is 5. The fourth-order valence-corrected chi connectivity index (χ4v) is 25.3. The van der Waals surface area contributed by atoms with Crippen molar-refractivity contribution in [2.45, 2.75) is 0 Å². The number of benzene rings is 21. The van der Waals surface area contributed by atoms with Gasteiger partial charge in [0.2, 0.25) is 0 Å². The maximum Gasteiger partial charge on any atom is 0.0440 e. The van der Waals surface area contributed by atoms with Crippen LogP contribution in [0.4, 0.5) is 0 Å². The zero-order valence-corrected chi connectivity index (χ0v) is 79.3. The molecule has 10 heteroatoms. The van der Waals surface area contributed by atoms with Gasteiger partial charge in [-0.05, 0) is 243 Å². The van der Waals surface area contributed by atoms with Gasteiger partial charge in [-0.1, -0.05) is 371 Å². The van der Waals surface area contributed by atoms with Crippen LogP contribution in [0.25, 0.3) is 221 Å². The van der Waals surface area contributed by atoms with E-state index in [1.165, 1.54) is 221 Å². The van der Waals surface area contributed by atoms with Crippen LogP contribution < -0.4 is 0 Å². The molecule has 598 valence electrons. The van der Waals surface area contributed by atoms with E-state index in [1.54, 1.807) is 0 Å². The first kappa shape index (κ1) is 80.3. The summed E-state index contributed by atoms with van der Waals surface area (Å²) in [6, 6.07) is 151. The molecule has 0 saturated carbocycles. The van der Waals surface area contributed by atoms with Gasteiger partial charge in [0.1, 0.15) is 0 Å². The highest BCUT2D eigenvalue weighted by molar-refractivity contribution is 9.11. The van der Waals surface area contributed by atoms with Gasteiger partial charge in [-0.15, -0.1) is 56.7 Å². The lowest BCUT2D eigenvalue weighted by Gasteiger charge is -2.09. The van der Waals surface area contributed by atoms with Crippen molar-refractivity contribution in [3.8, 4) is 66.8 Å². The Morgan fingerprint density at radius 3 is 1.12 bits per heavy atom. The molecule has 21 aromatic carbocycles. The zero-order chi connectivity index (χ0) is 84.5. The van der Waals surface area contributed by atoms with E-state index in [4.69, 9.17) is 0 Å². The van der Waals surface area contributed by atoms with Crippen molar-refractivity contribution >= 4 is 291 Å². The van der Waals surface area contributed by atoms with E-state index < -0.39 is 0 Å². The molecule has 0 atom stereocenters. The quantitative estimate of drug-likeness (QED) is 0.146. The lowest BCUT2D eigenvalue weighted by molar-refractivity contribution is 1.58. The smallest absolute Gasteiger partial charge is 0.0440 e. The highest BCUT2D eigenvalue weighted by Crippen LogP contribution is 2.49. The molecule has 5 heterocycles. The number of thiophene rings is 5. The summed E-state index contributed by atoms with van der Waals surface area (Å²) in [5.74, 6) is 0. The van der Waals surface area contributed by atoms with Crippen LogP contribution >= 0.6 is 136 Å². The molecule has 26 rings (SSSR count). The minimum Gasteiger partial charge on any atom is -0.135 e. The summed E-state index contributed by atoms with van der Waals surface area (Å²) in [4.78, 5) is 0. The lowest BCUT2D eigenvalue weighted by atomic mass is 9.95. The first-order valence-electron chi connectivity index (χ1n) is 41.6. The second-order valence-corrected chi connectivity index (χ2v) is 41.3. The highest BCUT2D eigenvalue weighted by Gasteiger charge is 2.19. The second kappa shape index (κ2) is 34.6. The molecule has 0 saturated heterocycles. The van der Waals surface area contributed by atoms with E-state index in [0.717, 1.165) is 22.4 Å². The molecule has 0 radical (unpaired) electrons. The van der Waals surface area contributed by atoms with Gasteiger partial charge < -0.3 is 0 Å². The van der Waals surface area contributed by atoms with E-state index in [1.807, 2.05) is 56.7 Å². The molecule has 0 fully saturated rings. The minimum absolute atomic E-state index is 1.10. The highest BCUT2D eigenvalue weighted by atomic mass is 79.9. The van der Waals surface area contributed by atoms with Crippen LogP contribution in [0.5, 0.6) is 0 Å². The van der Waals surface area contributed by atoms with Crippen LogP contribution in [-0.4, -0.2) is 0 Å². The van der Waals surface area contributed by atoms with Crippen molar-refractivity contribution in [2.24, 2.45) is 0 Å². The largest absolute Gasteiger partial charge is 0.135 e. The minimum atomic E-state index is 1.10. The standard InChI is InChI=1S/C28H17BrS.C26H15BrS.2C22H13BrS.C18H11BrS/c29-23-9-4-8-21(16-23)19-6-3-7-20(15-19)22-12-14-27-26(17-22)25-13-11-18-5-1-2-10-24(18)28(25)30-27;27-18-12-9-16(10-13-18)17-11-14-24-23(15-17)25-21-7-3-1-5-19(21)20-6-2-4-8-22(20)26(25)28-24;23-15-11-9-14(10-12-15)19-13-21-22(17-6-2-1-5-16(17)19)18-7-3-4-8-20(18)24-21;23-17-9-5-14(6-10-17)16-8-11-20-19(13-16)22-18-4-2-1-3-15(18)7-12-21(22)24-20;19-13-10-8-12(9-11-13)14-5-3-6-16-15-4-1-2-7-17(15)20-18(14)16/h1-17H;1-15H;2*1-13H;1-11H. The zero-order valence-electron chi connectivity index (χ0n) is 67.3. The summed E-state index contributed by atoms with van der Waals surface area (Å²) in [6.45, 7) is 0. The summed E-state index contributed by atoms with van der Waals surface area (Å²) < 4.78 is 19.1. The molecule has 0 aliphatic heterocycles. The average molecular weight is 2020 g/mol. The lowest BCUT2D eigenvalue weighted by Crippen LogP contribution is -1.82. The van der Waals surface area contributed by atoms with E-state index in [2.05, 4.69) is 498 Å². The van der Waals surface area contributed by atoms with Crippen LogP contribution in [0.2, 0.25) is 0 Å². The van der Waals surface area contributed by atoms with Crippen molar-refractivity contribution < 1.29 is 0 Å². The molecule has 0 bridgehead atoms. The van der Waals surface area contributed by atoms with Gasteiger partial charge in [-0.25, -0.2) is 0 Å². The van der Waals surface area contributed by atoms with Gasteiger partial charge in [0.25, 0.3) is 0 Å². The van der Waals surface area contributed by atoms with Crippen molar-refractivity contribution in [2.75, 3.05) is 0 Å². The number of hydrogen-bond donors (Lipinski definition) is 0. The van der Waals surface area contributed by atoms with Gasteiger partial charge in [0.15, 0.2) is 0 Å². The van der Waals surface area contributed by atoms with Gasteiger partial charge in [-0.2, -0.15) is 0 Å². The molecule has 126 heavy (non-hydrogen) atoms. The SMILES string of the molecule is Brc1ccc(-c2cc3sc4ccccc4c3c3ccccc23)cc1.Brc1ccc(-c2ccc3sc4c5ccccc5c5ccccc5c4c3c2)cc1.Brc1ccc(-c2ccc3sc4ccc5ccccc5c4c3c2)cc1.Brc1ccc(-c2cccc3c2sc2ccccc23)cc1.Brc1cccc(-c2cccc(-c3ccc4sc5c6ccccc6ccc5c4c3)c2)c1.